The first-order chi connectivity index (χ1) is 10.2. The Morgan fingerprint density at radius 1 is 1.24 bits per heavy atom. The van der Waals surface area contributed by atoms with E-state index in [4.69, 9.17) is 4.74 Å². The van der Waals surface area contributed by atoms with Crippen LogP contribution in [0.1, 0.15) is 32.1 Å². The summed E-state index contributed by atoms with van der Waals surface area (Å²) in [4.78, 5) is 12.9. The van der Waals surface area contributed by atoms with Crippen LogP contribution in [0.25, 0.3) is 0 Å². The Kier molecular flexibility index (Phi) is 6.27. The molecule has 0 spiro atoms. The summed E-state index contributed by atoms with van der Waals surface area (Å²) >= 11 is 0. The number of hydrazine groups is 1. The molecule has 6 nitrogen and oxygen atoms in total. The highest BCUT2D eigenvalue weighted by Gasteiger charge is 2.08. The van der Waals surface area contributed by atoms with Crippen LogP contribution in [0.2, 0.25) is 0 Å². The van der Waals surface area contributed by atoms with Crippen LogP contribution in [-0.2, 0) is 0 Å². The monoisotopic (exact) mass is 293 g/mol. The molecule has 0 bridgehead atoms. The number of nitrogens with zero attached hydrogens (tertiary/aromatic N) is 2. The molecule has 0 unspecified atom stereocenters. The summed E-state index contributed by atoms with van der Waals surface area (Å²) in [6.45, 7) is 4.26. The second-order valence-electron chi connectivity index (χ2n) is 5.35. The van der Waals surface area contributed by atoms with Gasteiger partial charge in [-0.1, -0.05) is 12.5 Å². The van der Waals surface area contributed by atoms with Gasteiger partial charge in [-0.15, -0.1) is 5.43 Å². The summed E-state index contributed by atoms with van der Waals surface area (Å²) in [5.74, 6) is 0.667. The minimum atomic E-state index is -0.572. The molecule has 1 aromatic carbocycles. The SMILES string of the molecule is O=[N+]([O-])Nc1cccc(OCCCCN2CCCCC2)c1. The lowest BCUT2D eigenvalue weighted by Crippen LogP contribution is -2.30. The molecule has 1 aliphatic rings. The lowest BCUT2D eigenvalue weighted by Gasteiger charge is -2.26. The highest BCUT2D eigenvalue weighted by Crippen LogP contribution is 2.17. The van der Waals surface area contributed by atoms with Crippen LogP contribution in [0.5, 0.6) is 5.75 Å². The molecule has 1 heterocycles. The molecule has 0 radical (unpaired) electrons. The zero-order valence-corrected chi connectivity index (χ0v) is 12.3. The first-order valence-corrected chi connectivity index (χ1v) is 7.60. The van der Waals surface area contributed by atoms with Gasteiger partial charge in [0.15, 0.2) is 5.03 Å². The fourth-order valence-corrected chi connectivity index (χ4v) is 2.57. The molecule has 21 heavy (non-hydrogen) atoms. The average Bonchev–Trinajstić information content (AvgIpc) is 2.48. The third-order valence-corrected chi connectivity index (χ3v) is 3.64. The van der Waals surface area contributed by atoms with Crippen LogP contribution in [-0.4, -0.2) is 36.2 Å². The minimum absolute atomic E-state index is 0.436. The van der Waals surface area contributed by atoms with Gasteiger partial charge in [-0.2, -0.15) is 0 Å². The van der Waals surface area contributed by atoms with Crippen LogP contribution < -0.4 is 10.2 Å². The quantitative estimate of drug-likeness (QED) is 0.453. The van der Waals surface area contributed by atoms with Crippen molar-refractivity contribution in [2.75, 3.05) is 31.7 Å². The number of hydrogen-bond donors (Lipinski definition) is 1. The predicted molar refractivity (Wildman–Crippen MR) is 82.1 cm³/mol. The third kappa shape index (κ3) is 5.99. The van der Waals surface area contributed by atoms with E-state index in [0.717, 1.165) is 19.4 Å². The molecule has 1 saturated heterocycles. The maximum atomic E-state index is 10.4. The summed E-state index contributed by atoms with van der Waals surface area (Å²) in [6, 6.07) is 6.85. The molecule has 0 aromatic heterocycles. The van der Waals surface area contributed by atoms with Crippen molar-refractivity contribution in [3.63, 3.8) is 0 Å². The molecular weight excluding hydrogens is 270 g/mol. The lowest BCUT2D eigenvalue weighted by atomic mass is 10.1. The molecule has 0 saturated carbocycles. The summed E-state index contributed by atoms with van der Waals surface area (Å²) < 4.78 is 5.64. The Labute approximate surface area is 125 Å². The van der Waals surface area contributed by atoms with E-state index in [9.17, 15) is 10.1 Å². The first kappa shape index (κ1) is 15.6. The highest BCUT2D eigenvalue weighted by atomic mass is 16.7. The van der Waals surface area contributed by atoms with Crippen LogP contribution in [0.4, 0.5) is 5.69 Å². The van der Waals surface area contributed by atoms with Gasteiger partial charge >= 0.3 is 0 Å². The van der Waals surface area contributed by atoms with E-state index >= 15 is 0 Å². The zero-order chi connectivity index (χ0) is 14.9. The van der Waals surface area contributed by atoms with Crippen molar-refractivity contribution in [2.45, 2.75) is 32.1 Å². The van der Waals surface area contributed by atoms with Gasteiger partial charge in [0.25, 0.3) is 0 Å². The maximum absolute atomic E-state index is 10.4. The Morgan fingerprint density at radius 3 is 2.81 bits per heavy atom. The Bertz CT molecular complexity index is 448. The van der Waals surface area contributed by atoms with Crippen molar-refractivity contribution in [2.24, 2.45) is 0 Å². The maximum Gasteiger partial charge on any atom is 0.162 e. The summed E-state index contributed by atoms with van der Waals surface area (Å²) in [5.41, 5.74) is 2.56. The molecule has 1 aliphatic heterocycles. The molecule has 1 N–H and O–H groups in total. The van der Waals surface area contributed by atoms with E-state index in [2.05, 4.69) is 10.3 Å². The normalized spacial score (nSPS) is 15.6. The third-order valence-electron chi connectivity index (χ3n) is 3.64. The van der Waals surface area contributed by atoms with E-state index in [1.807, 2.05) is 6.07 Å². The number of hydrogen-bond acceptors (Lipinski definition) is 4. The number of nitrogens with one attached hydrogen (secondary N) is 1. The fourth-order valence-electron chi connectivity index (χ4n) is 2.57. The number of likely N-dealkylation sites (tertiary alicyclic amines) is 1. The van der Waals surface area contributed by atoms with Crippen molar-refractivity contribution in [1.82, 2.24) is 4.90 Å². The van der Waals surface area contributed by atoms with Crippen LogP contribution in [0, 0.1) is 10.1 Å². The van der Waals surface area contributed by atoms with Crippen molar-refractivity contribution in [3.8, 4) is 5.75 Å². The number of ether oxygens (including phenoxy) is 1. The molecule has 0 amide bonds. The van der Waals surface area contributed by atoms with Gasteiger partial charge in [0.2, 0.25) is 0 Å². The van der Waals surface area contributed by atoms with E-state index in [0.29, 0.717) is 18.0 Å². The van der Waals surface area contributed by atoms with Crippen LogP contribution in [0.15, 0.2) is 24.3 Å². The van der Waals surface area contributed by atoms with Crippen molar-refractivity contribution in [1.29, 1.82) is 0 Å². The van der Waals surface area contributed by atoms with E-state index in [-0.39, 0.29) is 0 Å². The number of rotatable bonds is 8. The van der Waals surface area contributed by atoms with Gasteiger partial charge < -0.3 is 9.64 Å². The van der Waals surface area contributed by atoms with Crippen LogP contribution >= 0.6 is 0 Å². The van der Waals surface area contributed by atoms with Gasteiger partial charge in [-0.05, 0) is 57.5 Å². The van der Waals surface area contributed by atoms with Gasteiger partial charge in [-0.25, -0.2) is 10.1 Å². The number of nitro groups is 1. The van der Waals surface area contributed by atoms with Crippen molar-refractivity contribution in [3.05, 3.63) is 34.4 Å². The standard InChI is InChI=1S/C15H23N3O3/c19-18(20)16-14-7-6-8-15(13-14)21-12-5-4-11-17-9-2-1-3-10-17/h6-8,13,16H,1-5,9-12H2. The molecule has 0 aliphatic carbocycles. The van der Waals surface area contributed by atoms with Crippen molar-refractivity contribution < 1.29 is 9.77 Å². The Morgan fingerprint density at radius 2 is 2.05 bits per heavy atom. The molecule has 6 heteroatoms. The molecule has 2 rings (SSSR count). The Balaban J connectivity index is 1.62. The number of piperidine rings is 1. The van der Waals surface area contributed by atoms with E-state index in [1.165, 1.54) is 32.4 Å². The lowest BCUT2D eigenvalue weighted by molar-refractivity contribution is -0.445. The van der Waals surface area contributed by atoms with Gasteiger partial charge in [0.05, 0.1) is 6.61 Å². The van der Waals surface area contributed by atoms with Crippen molar-refractivity contribution >= 4 is 5.69 Å². The first-order valence-electron chi connectivity index (χ1n) is 7.60. The molecule has 116 valence electrons. The largest absolute Gasteiger partial charge is 0.494 e. The molecule has 0 atom stereocenters. The number of unbranched alkanes of at least 4 members (excludes halogenated alkanes) is 1. The summed E-state index contributed by atoms with van der Waals surface area (Å²) in [5, 5.41) is 9.81. The number of benzene rings is 1. The summed E-state index contributed by atoms with van der Waals surface area (Å²) in [6.07, 6.45) is 6.16. The number of anilines is 1. The van der Waals surface area contributed by atoms with Crippen LogP contribution in [0.3, 0.4) is 0 Å². The Hall–Kier alpha value is -1.82. The topological polar surface area (TPSA) is 67.6 Å². The van der Waals surface area contributed by atoms with E-state index < -0.39 is 5.03 Å². The van der Waals surface area contributed by atoms with Gasteiger partial charge in [0.1, 0.15) is 11.4 Å². The molecule has 1 aromatic rings. The summed E-state index contributed by atoms with van der Waals surface area (Å²) in [7, 11) is 0. The molecule has 1 fully saturated rings. The smallest absolute Gasteiger partial charge is 0.162 e. The zero-order valence-electron chi connectivity index (χ0n) is 12.3. The second-order valence-corrected chi connectivity index (χ2v) is 5.35. The van der Waals surface area contributed by atoms with Gasteiger partial charge in [-0.3, -0.25) is 0 Å². The average molecular weight is 293 g/mol. The second kappa shape index (κ2) is 8.46. The highest BCUT2D eigenvalue weighted by molar-refractivity contribution is 5.46. The minimum Gasteiger partial charge on any atom is -0.494 e. The predicted octanol–water partition coefficient (Wildman–Crippen LogP) is 2.94. The fraction of sp³-hybridized carbons (Fsp3) is 0.600. The van der Waals surface area contributed by atoms with E-state index in [1.54, 1.807) is 18.2 Å². The molecular formula is C15H23N3O3. The van der Waals surface area contributed by atoms with Gasteiger partial charge in [0, 0.05) is 6.07 Å².